The molecule has 1 amide bonds. The summed E-state index contributed by atoms with van der Waals surface area (Å²) in [6.07, 6.45) is 4.30. The number of piperidine rings is 1. The lowest BCUT2D eigenvalue weighted by Gasteiger charge is -2.38. The van der Waals surface area contributed by atoms with E-state index in [-0.39, 0.29) is 6.04 Å². The Hall–Kier alpha value is -1.98. The lowest BCUT2D eigenvalue weighted by Crippen LogP contribution is -2.48. The summed E-state index contributed by atoms with van der Waals surface area (Å²) in [5.41, 5.74) is 7.47. The summed E-state index contributed by atoms with van der Waals surface area (Å²) < 4.78 is 0. The fraction of sp³-hybridized carbons (Fsp3) is 0.500. The van der Waals surface area contributed by atoms with Crippen molar-refractivity contribution >= 4 is 17.5 Å². The number of amides is 1. The van der Waals surface area contributed by atoms with Gasteiger partial charge in [-0.2, -0.15) is 0 Å². The largest absolute Gasteiger partial charge is 0.465 e. The highest BCUT2D eigenvalue weighted by Crippen LogP contribution is 2.26. The van der Waals surface area contributed by atoms with E-state index in [9.17, 15) is 4.79 Å². The van der Waals surface area contributed by atoms with Crippen molar-refractivity contribution in [3.63, 3.8) is 0 Å². The van der Waals surface area contributed by atoms with E-state index in [2.05, 4.69) is 9.88 Å². The van der Waals surface area contributed by atoms with Crippen LogP contribution in [0.1, 0.15) is 12.8 Å². The number of rotatable bonds is 2. The summed E-state index contributed by atoms with van der Waals surface area (Å²) in [6.45, 7) is 1.58. The molecule has 0 aromatic carbocycles. The minimum Gasteiger partial charge on any atom is -0.465 e. The van der Waals surface area contributed by atoms with E-state index in [1.54, 1.807) is 19.4 Å². The van der Waals surface area contributed by atoms with Gasteiger partial charge in [-0.15, -0.1) is 0 Å². The smallest absolute Gasteiger partial charge is 0.407 e. The molecule has 98 valence electrons. The Balaban J connectivity index is 2.12. The van der Waals surface area contributed by atoms with Crippen molar-refractivity contribution in [1.82, 2.24) is 9.88 Å². The van der Waals surface area contributed by atoms with Crippen LogP contribution in [0.15, 0.2) is 18.5 Å². The molecule has 1 fully saturated rings. The molecule has 1 aliphatic rings. The number of nitrogens with zero attached hydrogens (tertiary/aromatic N) is 3. The van der Waals surface area contributed by atoms with Gasteiger partial charge in [0.25, 0.3) is 0 Å². The van der Waals surface area contributed by atoms with E-state index in [4.69, 9.17) is 10.8 Å². The van der Waals surface area contributed by atoms with Gasteiger partial charge in [0.1, 0.15) is 0 Å². The average molecular weight is 250 g/mol. The third-order valence-electron chi connectivity index (χ3n) is 3.41. The fourth-order valence-electron chi connectivity index (χ4n) is 2.33. The molecule has 0 bridgehead atoms. The van der Waals surface area contributed by atoms with Crippen LogP contribution in [0.3, 0.4) is 0 Å². The molecule has 1 aliphatic heterocycles. The predicted octanol–water partition coefficient (Wildman–Crippen LogP) is 1.24. The van der Waals surface area contributed by atoms with Gasteiger partial charge in [-0.25, -0.2) is 4.79 Å². The van der Waals surface area contributed by atoms with Gasteiger partial charge in [-0.05, 0) is 18.9 Å². The van der Waals surface area contributed by atoms with Crippen LogP contribution in [0, 0.1) is 0 Å². The topological polar surface area (TPSA) is 82.7 Å². The Kier molecular flexibility index (Phi) is 3.55. The summed E-state index contributed by atoms with van der Waals surface area (Å²) >= 11 is 0. The maximum Gasteiger partial charge on any atom is 0.407 e. The van der Waals surface area contributed by atoms with Crippen LogP contribution in [-0.4, -0.2) is 47.3 Å². The Morgan fingerprint density at radius 3 is 3.11 bits per heavy atom. The first kappa shape index (κ1) is 12.5. The second-order valence-electron chi connectivity index (χ2n) is 4.57. The molecule has 2 heterocycles. The maximum absolute atomic E-state index is 11.0. The van der Waals surface area contributed by atoms with Crippen LogP contribution in [0.5, 0.6) is 0 Å². The van der Waals surface area contributed by atoms with Crippen molar-refractivity contribution in [2.45, 2.75) is 18.9 Å². The van der Waals surface area contributed by atoms with Crippen LogP contribution < -0.4 is 10.6 Å². The predicted molar refractivity (Wildman–Crippen MR) is 69.7 cm³/mol. The summed E-state index contributed by atoms with van der Waals surface area (Å²) in [7, 11) is 1.62. The number of hydrogen-bond acceptors (Lipinski definition) is 4. The summed E-state index contributed by atoms with van der Waals surface area (Å²) in [4.78, 5) is 18.5. The van der Waals surface area contributed by atoms with E-state index in [1.807, 2.05) is 6.07 Å². The lowest BCUT2D eigenvalue weighted by molar-refractivity contribution is 0.133. The fourth-order valence-corrected chi connectivity index (χ4v) is 2.33. The summed E-state index contributed by atoms with van der Waals surface area (Å²) in [6, 6.07) is 1.89. The zero-order chi connectivity index (χ0) is 13.1. The zero-order valence-corrected chi connectivity index (χ0v) is 10.4. The first-order chi connectivity index (χ1) is 8.59. The molecule has 1 aromatic heterocycles. The third-order valence-corrected chi connectivity index (χ3v) is 3.41. The standard InChI is InChI=1S/C12H18N4O2/c1-15(12(17)18)9-3-2-6-16(8-9)11-4-5-14-7-10(11)13/h4-5,7,9H,2-3,6,8,13H2,1H3,(H,17,18). The van der Waals surface area contributed by atoms with Gasteiger partial charge in [-0.3, -0.25) is 4.98 Å². The SMILES string of the molecule is CN(C(=O)O)C1CCCN(c2ccncc2N)C1. The van der Waals surface area contributed by atoms with Crippen LogP contribution in [-0.2, 0) is 0 Å². The molecule has 0 saturated carbocycles. The van der Waals surface area contributed by atoms with E-state index in [1.165, 1.54) is 4.90 Å². The third kappa shape index (κ3) is 2.47. The van der Waals surface area contributed by atoms with E-state index >= 15 is 0 Å². The summed E-state index contributed by atoms with van der Waals surface area (Å²) in [5, 5.41) is 9.02. The first-order valence-electron chi connectivity index (χ1n) is 6.00. The Labute approximate surface area is 106 Å². The molecule has 1 saturated heterocycles. The molecule has 6 heteroatoms. The van der Waals surface area contributed by atoms with Crippen molar-refractivity contribution < 1.29 is 9.90 Å². The van der Waals surface area contributed by atoms with Crippen molar-refractivity contribution in [2.75, 3.05) is 30.8 Å². The molecular weight excluding hydrogens is 232 g/mol. The van der Waals surface area contributed by atoms with Gasteiger partial charge in [-0.1, -0.05) is 0 Å². The number of carbonyl (C=O) groups is 1. The van der Waals surface area contributed by atoms with Gasteiger partial charge in [0.05, 0.1) is 23.6 Å². The second-order valence-corrected chi connectivity index (χ2v) is 4.57. The number of nitrogens with two attached hydrogens (primary N) is 1. The van der Waals surface area contributed by atoms with E-state index in [0.717, 1.165) is 25.1 Å². The van der Waals surface area contributed by atoms with Gasteiger partial charge >= 0.3 is 6.09 Å². The number of likely N-dealkylation sites (N-methyl/N-ethyl adjacent to an activating group) is 1. The molecule has 3 N–H and O–H groups in total. The quantitative estimate of drug-likeness (QED) is 0.825. The van der Waals surface area contributed by atoms with Gasteiger partial charge in [0, 0.05) is 26.3 Å². The van der Waals surface area contributed by atoms with Crippen LogP contribution in [0.4, 0.5) is 16.2 Å². The Morgan fingerprint density at radius 1 is 1.67 bits per heavy atom. The number of aromatic nitrogens is 1. The monoisotopic (exact) mass is 250 g/mol. The molecule has 2 rings (SSSR count). The number of pyridine rings is 1. The molecule has 1 unspecified atom stereocenters. The zero-order valence-electron chi connectivity index (χ0n) is 10.4. The Bertz CT molecular complexity index is 438. The number of nitrogen functional groups attached to an aromatic ring is 1. The van der Waals surface area contributed by atoms with Crippen molar-refractivity contribution in [3.8, 4) is 0 Å². The molecule has 0 aliphatic carbocycles. The van der Waals surface area contributed by atoms with Crippen LogP contribution >= 0.6 is 0 Å². The highest BCUT2D eigenvalue weighted by Gasteiger charge is 2.26. The molecule has 18 heavy (non-hydrogen) atoms. The minimum atomic E-state index is -0.885. The maximum atomic E-state index is 11.0. The average Bonchev–Trinajstić information content (AvgIpc) is 2.38. The van der Waals surface area contributed by atoms with Gasteiger partial charge in [0.2, 0.25) is 0 Å². The number of carboxylic acid groups (broad SMARTS) is 1. The van der Waals surface area contributed by atoms with Crippen LogP contribution in [0.2, 0.25) is 0 Å². The second kappa shape index (κ2) is 5.12. The lowest BCUT2D eigenvalue weighted by atomic mass is 10.0. The van der Waals surface area contributed by atoms with Gasteiger partial charge in [0.15, 0.2) is 0 Å². The summed E-state index contributed by atoms with van der Waals surface area (Å²) in [5.74, 6) is 0. The van der Waals surface area contributed by atoms with E-state index < -0.39 is 6.09 Å². The van der Waals surface area contributed by atoms with Crippen molar-refractivity contribution in [3.05, 3.63) is 18.5 Å². The van der Waals surface area contributed by atoms with Crippen LogP contribution in [0.25, 0.3) is 0 Å². The van der Waals surface area contributed by atoms with Crippen molar-refractivity contribution in [2.24, 2.45) is 0 Å². The molecule has 0 spiro atoms. The first-order valence-corrected chi connectivity index (χ1v) is 6.00. The number of anilines is 2. The van der Waals surface area contributed by atoms with Gasteiger partial charge < -0.3 is 20.6 Å². The molecule has 6 nitrogen and oxygen atoms in total. The molecular formula is C12H18N4O2. The molecule has 1 aromatic rings. The normalized spacial score (nSPS) is 19.6. The molecule has 0 radical (unpaired) electrons. The Morgan fingerprint density at radius 2 is 2.44 bits per heavy atom. The highest BCUT2D eigenvalue weighted by molar-refractivity contribution is 5.67. The number of hydrogen-bond donors (Lipinski definition) is 2. The van der Waals surface area contributed by atoms with E-state index in [0.29, 0.717) is 12.2 Å². The minimum absolute atomic E-state index is 0.0174. The molecule has 1 atom stereocenters. The highest BCUT2D eigenvalue weighted by atomic mass is 16.4. The van der Waals surface area contributed by atoms with Crippen molar-refractivity contribution in [1.29, 1.82) is 0 Å².